The molecular formula is C32H36N8O3. The third kappa shape index (κ3) is 6.58. The van der Waals surface area contributed by atoms with Gasteiger partial charge in [-0.1, -0.05) is 18.7 Å². The van der Waals surface area contributed by atoms with Gasteiger partial charge >= 0.3 is 0 Å². The van der Waals surface area contributed by atoms with E-state index in [1.54, 1.807) is 12.5 Å². The largest absolute Gasteiger partial charge is 0.378 e. The Hall–Kier alpha value is -4.61. The standard InChI is InChI=1S/C32H36N8O3/c1-3-28(41)38-32(2)10-4-12-39(20-32)19-22-9-11-33-27(17-22)31(42)36-24-7-5-23(6-8-24)26-18-25-29(37-26)34-21-35-30(25)40-13-15-43-16-14-40/h3,5-9,11,17-18,21H,1,4,10,12-16,19-20H2,2H3,(H,36,42)(H,38,41)(H,34,35,37). The summed E-state index contributed by atoms with van der Waals surface area (Å²) in [6, 6.07) is 13.5. The van der Waals surface area contributed by atoms with Crippen LogP contribution >= 0.6 is 0 Å². The SMILES string of the molecule is C=CC(=O)NC1(C)CCCN(Cc2ccnc(C(=O)Nc3ccc(-c4cc5c(N6CCOCC6)ncnc5[nH]4)cc3)c2)C1. The van der Waals surface area contributed by atoms with Gasteiger partial charge in [-0.15, -0.1) is 0 Å². The van der Waals surface area contributed by atoms with Crippen LogP contribution in [0.2, 0.25) is 0 Å². The molecule has 11 heteroatoms. The number of carbonyl (C=O) groups excluding carboxylic acids is 2. The lowest BCUT2D eigenvalue weighted by Crippen LogP contribution is -2.56. The fourth-order valence-corrected chi connectivity index (χ4v) is 5.92. The Morgan fingerprint density at radius 2 is 1.91 bits per heavy atom. The highest BCUT2D eigenvalue weighted by Crippen LogP contribution is 2.30. The van der Waals surface area contributed by atoms with Crippen molar-refractivity contribution in [1.29, 1.82) is 0 Å². The molecule has 0 radical (unpaired) electrons. The second-order valence-corrected chi connectivity index (χ2v) is 11.4. The van der Waals surface area contributed by atoms with E-state index in [0.717, 1.165) is 72.7 Å². The summed E-state index contributed by atoms with van der Waals surface area (Å²) in [5.41, 5.74) is 4.39. The van der Waals surface area contributed by atoms with E-state index in [-0.39, 0.29) is 17.4 Å². The summed E-state index contributed by atoms with van der Waals surface area (Å²) in [5, 5.41) is 7.00. The molecule has 0 saturated carbocycles. The number of morpholine rings is 1. The molecule has 11 nitrogen and oxygen atoms in total. The van der Waals surface area contributed by atoms with Crippen LogP contribution in [0.5, 0.6) is 0 Å². The number of fused-ring (bicyclic) bond motifs is 1. The first-order valence-electron chi connectivity index (χ1n) is 14.6. The lowest BCUT2D eigenvalue weighted by Gasteiger charge is -2.41. The van der Waals surface area contributed by atoms with E-state index in [9.17, 15) is 9.59 Å². The van der Waals surface area contributed by atoms with E-state index in [1.807, 2.05) is 36.4 Å². The van der Waals surface area contributed by atoms with Gasteiger partial charge in [0.15, 0.2) is 0 Å². The molecule has 2 aliphatic heterocycles. The molecule has 2 aliphatic rings. The summed E-state index contributed by atoms with van der Waals surface area (Å²) in [7, 11) is 0. The highest BCUT2D eigenvalue weighted by atomic mass is 16.5. The van der Waals surface area contributed by atoms with Crippen molar-refractivity contribution in [2.24, 2.45) is 0 Å². The molecule has 43 heavy (non-hydrogen) atoms. The Morgan fingerprint density at radius 3 is 2.70 bits per heavy atom. The molecule has 3 aromatic heterocycles. The number of amides is 2. The van der Waals surface area contributed by atoms with Crippen molar-refractivity contribution < 1.29 is 14.3 Å². The van der Waals surface area contributed by atoms with Crippen LogP contribution in [0, 0.1) is 0 Å². The Bertz CT molecular complexity index is 1630. The lowest BCUT2D eigenvalue weighted by molar-refractivity contribution is -0.118. The van der Waals surface area contributed by atoms with Crippen LogP contribution in [0.25, 0.3) is 22.3 Å². The quantitative estimate of drug-likeness (QED) is 0.269. The van der Waals surface area contributed by atoms with Gasteiger partial charge in [0, 0.05) is 43.8 Å². The van der Waals surface area contributed by atoms with Crippen molar-refractivity contribution in [2.45, 2.75) is 31.8 Å². The molecule has 2 amide bonds. The maximum atomic E-state index is 13.1. The number of piperidine rings is 1. The summed E-state index contributed by atoms with van der Waals surface area (Å²) in [5.74, 6) is 0.476. The number of nitrogens with zero attached hydrogens (tertiary/aromatic N) is 5. The number of nitrogens with one attached hydrogen (secondary N) is 3. The van der Waals surface area contributed by atoms with E-state index in [0.29, 0.717) is 31.1 Å². The molecule has 2 fully saturated rings. The molecule has 0 aliphatic carbocycles. The van der Waals surface area contributed by atoms with E-state index in [1.165, 1.54) is 6.08 Å². The van der Waals surface area contributed by atoms with Crippen LogP contribution in [0.1, 0.15) is 35.8 Å². The molecule has 1 aromatic carbocycles. The third-order valence-corrected chi connectivity index (χ3v) is 8.02. The Morgan fingerprint density at radius 1 is 1.09 bits per heavy atom. The van der Waals surface area contributed by atoms with Crippen molar-refractivity contribution in [3.05, 3.63) is 78.9 Å². The molecule has 0 spiro atoms. The molecular weight excluding hydrogens is 544 g/mol. The zero-order chi connectivity index (χ0) is 29.8. The Labute approximate surface area is 250 Å². The van der Waals surface area contributed by atoms with Crippen LogP contribution in [-0.4, -0.2) is 81.6 Å². The van der Waals surface area contributed by atoms with Gasteiger partial charge in [-0.05, 0) is 73.8 Å². The summed E-state index contributed by atoms with van der Waals surface area (Å²) < 4.78 is 5.49. The highest BCUT2D eigenvalue weighted by Gasteiger charge is 2.32. The number of likely N-dealkylation sites (tertiary alicyclic amines) is 1. The van der Waals surface area contributed by atoms with Gasteiger partial charge in [0.25, 0.3) is 5.91 Å². The van der Waals surface area contributed by atoms with Gasteiger partial charge in [0.2, 0.25) is 5.91 Å². The number of aromatic amines is 1. The summed E-state index contributed by atoms with van der Waals surface area (Å²) in [6.45, 7) is 10.9. The van der Waals surface area contributed by atoms with E-state index >= 15 is 0 Å². The van der Waals surface area contributed by atoms with Gasteiger partial charge in [0.05, 0.1) is 24.1 Å². The van der Waals surface area contributed by atoms with Gasteiger partial charge in [-0.25, -0.2) is 9.97 Å². The molecule has 222 valence electrons. The average molecular weight is 581 g/mol. The normalized spacial score (nSPS) is 19.2. The Kier molecular flexibility index (Phi) is 8.17. The van der Waals surface area contributed by atoms with Crippen LogP contribution < -0.4 is 15.5 Å². The average Bonchev–Trinajstić information content (AvgIpc) is 3.46. The van der Waals surface area contributed by atoms with E-state index in [4.69, 9.17) is 4.74 Å². The Balaban J connectivity index is 1.10. The van der Waals surface area contributed by atoms with Crippen molar-refractivity contribution in [2.75, 3.05) is 49.6 Å². The van der Waals surface area contributed by atoms with Gasteiger partial charge in [-0.2, -0.15) is 0 Å². The van der Waals surface area contributed by atoms with Gasteiger partial charge in [-0.3, -0.25) is 19.5 Å². The summed E-state index contributed by atoms with van der Waals surface area (Å²) >= 11 is 0. The fourth-order valence-electron chi connectivity index (χ4n) is 5.92. The van der Waals surface area contributed by atoms with Crippen LogP contribution in [0.4, 0.5) is 11.5 Å². The third-order valence-electron chi connectivity index (χ3n) is 8.02. The maximum Gasteiger partial charge on any atom is 0.274 e. The zero-order valence-corrected chi connectivity index (χ0v) is 24.3. The predicted molar refractivity (Wildman–Crippen MR) is 166 cm³/mol. The first kappa shape index (κ1) is 28.5. The second kappa shape index (κ2) is 12.3. The number of hydrogen-bond donors (Lipinski definition) is 3. The number of aromatic nitrogens is 4. The maximum absolute atomic E-state index is 13.1. The molecule has 3 N–H and O–H groups in total. The molecule has 1 atom stereocenters. The minimum absolute atomic E-state index is 0.159. The topological polar surface area (TPSA) is 128 Å². The fraction of sp³-hybridized carbons (Fsp3) is 0.344. The molecule has 6 rings (SSSR count). The number of rotatable bonds is 8. The number of pyridine rings is 1. The van der Waals surface area contributed by atoms with Gasteiger partial charge in [0.1, 0.15) is 23.5 Å². The molecule has 2 saturated heterocycles. The molecule has 5 heterocycles. The van der Waals surface area contributed by atoms with Gasteiger partial charge < -0.3 is 25.3 Å². The molecule has 0 bridgehead atoms. The molecule has 1 unspecified atom stereocenters. The number of benzene rings is 1. The van der Waals surface area contributed by atoms with Crippen LogP contribution in [0.15, 0.2) is 67.6 Å². The van der Waals surface area contributed by atoms with Crippen molar-refractivity contribution in [3.63, 3.8) is 0 Å². The van der Waals surface area contributed by atoms with Crippen molar-refractivity contribution in [1.82, 2.24) is 30.2 Å². The number of carbonyl (C=O) groups is 2. The van der Waals surface area contributed by atoms with E-state index < -0.39 is 0 Å². The van der Waals surface area contributed by atoms with E-state index in [2.05, 4.69) is 59.9 Å². The monoisotopic (exact) mass is 580 g/mol. The first-order chi connectivity index (χ1) is 20.9. The zero-order valence-electron chi connectivity index (χ0n) is 24.3. The number of ether oxygens (including phenoxy) is 1. The summed E-state index contributed by atoms with van der Waals surface area (Å²) in [6.07, 6.45) is 6.45. The molecule has 4 aromatic rings. The minimum Gasteiger partial charge on any atom is -0.378 e. The number of hydrogen-bond acceptors (Lipinski definition) is 8. The minimum atomic E-state index is -0.311. The van der Waals surface area contributed by atoms with Crippen LogP contribution in [-0.2, 0) is 16.1 Å². The smallest absolute Gasteiger partial charge is 0.274 e. The van der Waals surface area contributed by atoms with Crippen molar-refractivity contribution in [3.8, 4) is 11.3 Å². The summed E-state index contributed by atoms with van der Waals surface area (Å²) in [4.78, 5) is 46.2. The number of anilines is 2. The first-order valence-corrected chi connectivity index (χ1v) is 14.6. The van der Waals surface area contributed by atoms with Crippen molar-refractivity contribution >= 4 is 34.4 Å². The lowest BCUT2D eigenvalue weighted by atomic mass is 9.90. The second-order valence-electron chi connectivity index (χ2n) is 11.4. The number of H-pyrrole nitrogens is 1. The van der Waals surface area contributed by atoms with Crippen LogP contribution in [0.3, 0.4) is 0 Å². The predicted octanol–water partition coefficient (Wildman–Crippen LogP) is 3.77. The highest BCUT2D eigenvalue weighted by molar-refractivity contribution is 6.03.